The molecule has 1 unspecified atom stereocenters. The molecule has 1 atom stereocenters. The number of likely N-dealkylation sites (tertiary alicyclic amines) is 1. The summed E-state index contributed by atoms with van der Waals surface area (Å²) in [5, 5.41) is 6.85. The van der Waals surface area contributed by atoms with Gasteiger partial charge in [0.05, 0.1) is 18.3 Å². The summed E-state index contributed by atoms with van der Waals surface area (Å²) in [5.41, 5.74) is 3.67. The minimum absolute atomic E-state index is 0.367. The van der Waals surface area contributed by atoms with Crippen LogP contribution in [0.3, 0.4) is 0 Å². The van der Waals surface area contributed by atoms with E-state index in [2.05, 4.69) is 56.7 Å². The van der Waals surface area contributed by atoms with Gasteiger partial charge in [0.1, 0.15) is 0 Å². The molecular formula is C21H29N5. The van der Waals surface area contributed by atoms with Gasteiger partial charge in [-0.3, -0.25) is 14.9 Å². The molecular weight excluding hydrogens is 322 g/mol. The number of aromatic nitrogens is 1. The molecule has 0 spiro atoms. The summed E-state index contributed by atoms with van der Waals surface area (Å²) in [4.78, 5) is 11.3. The molecule has 1 aromatic heterocycles. The van der Waals surface area contributed by atoms with Crippen molar-refractivity contribution in [1.82, 2.24) is 20.5 Å². The Morgan fingerprint density at radius 1 is 1.12 bits per heavy atom. The summed E-state index contributed by atoms with van der Waals surface area (Å²) in [6, 6.07) is 15.2. The Bertz CT molecular complexity index is 690. The molecule has 1 aliphatic rings. The first kappa shape index (κ1) is 18.4. The smallest absolute Gasteiger partial charge is 0.191 e. The van der Waals surface area contributed by atoms with E-state index in [1.807, 2.05) is 31.4 Å². The molecule has 0 radical (unpaired) electrons. The second kappa shape index (κ2) is 9.34. The van der Waals surface area contributed by atoms with Crippen LogP contribution in [0.4, 0.5) is 0 Å². The molecule has 1 aliphatic heterocycles. The number of pyridine rings is 1. The fourth-order valence-electron chi connectivity index (χ4n) is 3.39. The van der Waals surface area contributed by atoms with Gasteiger partial charge in [-0.25, -0.2) is 0 Å². The number of rotatable bonds is 6. The third kappa shape index (κ3) is 5.05. The van der Waals surface area contributed by atoms with E-state index in [4.69, 9.17) is 0 Å². The molecule has 3 rings (SSSR count). The summed E-state index contributed by atoms with van der Waals surface area (Å²) in [6.07, 6.45) is 4.39. The van der Waals surface area contributed by atoms with Gasteiger partial charge in [-0.2, -0.15) is 0 Å². The van der Waals surface area contributed by atoms with Gasteiger partial charge in [0.15, 0.2) is 5.96 Å². The van der Waals surface area contributed by atoms with E-state index in [1.54, 1.807) is 0 Å². The van der Waals surface area contributed by atoms with E-state index in [9.17, 15) is 0 Å². The van der Waals surface area contributed by atoms with Crippen molar-refractivity contribution in [3.05, 3.63) is 65.5 Å². The quantitative estimate of drug-likeness (QED) is 0.621. The van der Waals surface area contributed by atoms with E-state index in [0.717, 1.165) is 18.2 Å². The van der Waals surface area contributed by atoms with Crippen molar-refractivity contribution in [3.63, 3.8) is 0 Å². The monoisotopic (exact) mass is 351 g/mol. The molecule has 1 aromatic carbocycles. The summed E-state index contributed by atoms with van der Waals surface area (Å²) < 4.78 is 0. The van der Waals surface area contributed by atoms with Crippen molar-refractivity contribution >= 4 is 5.96 Å². The highest BCUT2D eigenvalue weighted by atomic mass is 15.2. The number of benzene rings is 1. The maximum atomic E-state index is 4.36. The molecule has 0 bridgehead atoms. The van der Waals surface area contributed by atoms with Crippen LogP contribution in [0.5, 0.6) is 0 Å². The minimum atomic E-state index is 0.367. The number of aryl methyl sites for hydroxylation is 1. The topological polar surface area (TPSA) is 52.6 Å². The van der Waals surface area contributed by atoms with E-state index >= 15 is 0 Å². The van der Waals surface area contributed by atoms with Gasteiger partial charge < -0.3 is 10.6 Å². The lowest BCUT2D eigenvalue weighted by Gasteiger charge is -2.29. The van der Waals surface area contributed by atoms with Crippen molar-refractivity contribution < 1.29 is 0 Å². The molecule has 0 saturated carbocycles. The maximum absolute atomic E-state index is 4.36. The Kier molecular flexibility index (Phi) is 6.61. The lowest BCUT2D eigenvalue weighted by Crippen LogP contribution is -2.42. The summed E-state index contributed by atoms with van der Waals surface area (Å²) >= 11 is 0. The third-order valence-electron chi connectivity index (χ3n) is 4.89. The molecule has 2 heterocycles. The summed E-state index contributed by atoms with van der Waals surface area (Å²) in [7, 11) is 1.81. The highest BCUT2D eigenvalue weighted by molar-refractivity contribution is 5.79. The lowest BCUT2D eigenvalue weighted by molar-refractivity contribution is 0.245. The fourth-order valence-corrected chi connectivity index (χ4v) is 3.39. The Labute approximate surface area is 156 Å². The van der Waals surface area contributed by atoms with E-state index in [1.165, 1.54) is 37.1 Å². The Morgan fingerprint density at radius 2 is 1.88 bits per heavy atom. The second-order valence-corrected chi connectivity index (χ2v) is 6.80. The van der Waals surface area contributed by atoms with Crippen LogP contribution < -0.4 is 10.6 Å². The zero-order chi connectivity index (χ0) is 18.2. The number of hydrogen-bond donors (Lipinski definition) is 2. The second-order valence-electron chi connectivity index (χ2n) is 6.80. The van der Waals surface area contributed by atoms with Crippen LogP contribution in [0, 0.1) is 6.92 Å². The molecule has 5 nitrogen and oxygen atoms in total. The number of nitrogens with zero attached hydrogens (tertiary/aromatic N) is 3. The molecule has 5 heteroatoms. The van der Waals surface area contributed by atoms with Gasteiger partial charge in [0.2, 0.25) is 0 Å². The van der Waals surface area contributed by atoms with Gasteiger partial charge in [-0.1, -0.05) is 35.9 Å². The van der Waals surface area contributed by atoms with Crippen molar-refractivity contribution in [2.75, 3.05) is 26.7 Å². The summed E-state index contributed by atoms with van der Waals surface area (Å²) in [6.45, 7) is 5.97. The minimum Gasteiger partial charge on any atom is -0.354 e. The fraction of sp³-hybridized carbons (Fsp3) is 0.429. The highest BCUT2D eigenvalue weighted by Gasteiger charge is 2.23. The van der Waals surface area contributed by atoms with Crippen LogP contribution in [0.25, 0.3) is 0 Å². The van der Waals surface area contributed by atoms with Gasteiger partial charge in [-0.15, -0.1) is 0 Å². The zero-order valence-corrected chi connectivity index (χ0v) is 15.8. The van der Waals surface area contributed by atoms with Gasteiger partial charge in [-0.05, 0) is 50.6 Å². The molecule has 138 valence electrons. The summed E-state index contributed by atoms with van der Waals surface area (Å²) in [5.74, 6) is 0.812. The van der Waals surface area contributed by atoms with Crippen LogP contribution >= 0.6 is 0 Å². The first-order chi connectivity index (χ1) is 12.8. The number of aliphatic imine (C=N–C) groups is 1. The predicted molar refractivity (Wildman–Crippen MR) is 107 cm³/mol. The Hall–Kier alpha value is -2.40. The van der Waals surface area contributed by atoms with E-state index in [0.29, 0.717) is 12.6 Å². The standard InChI is InChI=1S/C21H29N5/c1-17-8-10-18(11-9-17)20(26-13-5-6-14-26)16-25-21(22-2)24-15-19-7-3-4-12-23-19/h3-4,7-12,20H,5-6,13-16H2,1-2H3,(H2,22,24,25). The molecule has 2 N–H and O–H groups in total. The van der Waals surface area contributed by atoms with Crippen molar-refractivity contribution in [2.24, 2.45) is 4.99 Å². The van der Waals surface area contributed by atoms with Crippen LogP contribution in [0.2, 0.25) is 0 Å². The third-order valence-corrected chi connectivity index (χ3v) is 4.89. The molecule has 26 heavy (non-hydrogen) atoms. The number of guanidine groups is 1. The first-order valence-electron chi connectivity index (χ1n) is 9.41. The van der Waals surface area contributed by atoms with Gasteiger partial charge in [0.25, 0.3) is 0 Å². The maximum Gasteiger partial charge on any atom is 0.191 e. The highest BCUT2D eigenvalue weighted by Crippen LogP contribution is 2.24. The van der Waals surface area contributed by atoms with Crippen LogP contribution in [-0.2, 0) is 6.54 Å². The normalized spacial score (nSPS) is 16.5. The Morgan fingerprint density at radius 3 is 2.54 bits per heavy atom. The molecule has 0 amide bonds. The average molecular weight is 351 g/mol. The molecule has 2 aromatic rings. The van der Waals surface area contributed by atoms with Crippen molar-refractivity contribution in [3.8, 4) is 0 Å². The average Bonchev–Trinajstić information content (AvgIpc) is 3.21. The molecule has 1 saturated heterocycles. The molecule has 1 fully saturated rings. The van der Waals surface area contributed by atoms with E-state index < -0.39 is 0 Å². The number of hydrogen-bond acceptors (Lipinski definition) is 3. The van der Waals surface area contributed by atoms with Crippen LogP contribution in [0.1, 0.15) is 35.7 Å². The SMILES string of the molecule is CN=C(NCc1ccccn1)NCC(c1ccc(C)cc1)N1CCCC1. The molecule has 0 aliphatic carbocycles. The number of nitrogens with one attached hydrogen (secondary N) is 2. The van der Waals surface area contributed by atoms with Crippen LogP contribution in [-0.4, -0.2) is 42.5 Å². The van der Waals surface area contributed by atoms with Gasteiger partial charge in [0, 0.05) is 19.8 Å². The predicted octanol–water partition coefficient (Wildman–Crippen LogP) is 2.89. The lowest BCUT2D eigenvalue weighted by atomic mass is 10.0. The van der Waals surface area contributed by atoms with Crippen molar-refractivity contribution in [2.45, 2.75) is 32.4 Å². The van der Waals surface area contributed by atoms with Crippen molar-refractivity contribution in [1.29, 1.82) is 0 Å². The Balaban J connectivity index is 1.61. The van der Waals surface area contributed by atoms with Crippen LogP contribution in [0.15, 0.2) is 53.7 Å². The largest absolute Gasteiger partial charge is 0.354 e. The zero-order valence-electron chi connectivity index (χ0n) is 15.8. The van der Waals surface area contributed by atoms with Gasteiger partial charge >= 0.3 is 0 Å². The van der Waals surface area contributed by atoms with E-state index in [-0.39, 0.29) is 0 Å². The first-order valence-corrected chi connectivity index (χ1v) is 9.41.